The van der Waals surface area contributed by atoms with Gasteiger partial charge in [-0.1, -0.05) is 60.7 Å². The molecule has 0 fully saturated rings. The number of benzene rings is 2. The molecule has 0 N–H and O–H groups in total. The van der Waals surface area contributed by atoms with Crippen LogP contribution in [-0.4, -0.2) is 47.4 Å². The fraction of sp³-hybridized carbons (Fsp3) is 0.400. The quantitative estimate of drug-likeness (QED) is 0.201. The highest BCUT2D eigenvalue weighted by molar-refractivity contribution is 7.74. The monoisotopic (exact) mass is 604 g/mol. The van der Waals surface area contributed by atoms with Crippen LogP contribution in [0.25, 0.3) is 0 Å². The van der Waals surface area contributed by atoms with Crippen LogP contribution < -0.4 is 10.6 Å². The van der Waals surface area contributed by atoms with E-state index in [1.54, 1.807) is 0 Å². The highest BCUT2D eigenvalue weighted by atomic mass is 31.1. The first-order valence-corrected chi connectivity index (χ1v) is 10.8. The first-order valence-electron chi connectivity index (χ1n) is 9.45. The molecule has 0 saturated carbocycles. The van der Waals surface area contributed by atoms with E-state index < -0.39 is 65.9 Å². The highest BCUT2D eigenvalue weighted by Crippen LogP contribution is 2.68. The van der Waals surface area contributed by atoms with Crippen molar-refractivity contribution in [2.75, 3.05) is 0 Å². The Kier molecular flexibility index (Phi) is 7.89. The maximum absolute atomic E-state index is 15.1. The summed E-state index contributed by atoms with van der Waals surface area (Å²) in [6.07, 6.45) is -7.79. The molecule has 0 amide bonds. The first-order chi connectivity index (χ1) is 16.8. The van der Waals surface area contributed by atoms with Gasteiger partial charge in [0.15, 0.2) is 0 Å². The van der Waals surface area contributed by atoms with Crippen molar-refractivity contribution in [2.45, 2.75) is 47.4 Å². The molecule has 2 aromatic carbocycles. The number of halogens is 17. The van der Waals surface area contributed by atoms with E-state index in [-0.39, 0.29) is 0 Å². The second-order valence-electron chi connectivity index (χ2n) is 7.49. The molecule has 0 aliphatic rings. The summed E-state index contributed by atoms with van der Waals surface area (Å²) >= 11 is 0. The summed E-state index contributed by atoms with van der Waals surface area (Å²) in [6, 6.07) is 8.24. The average molecular weight is 604 g/mol. The third-order valence-electron chi connectivity index (χ3n) is 5.02. The second kappa shape index (κ2) is 9.40. The molecular formula is C20H10F17P. The van der Waals surface area contributed by atoms with E-state index in [0.29, 0.717) is 24.3 Å². The van der Waals surface area contributed by atoms with E-state index in [1.165, 1.54) is 0 Å². The molecule has 38 heavy (non-hydrogen) atoms. The van der Waals surface area contributed by atoms with Crippen LogP contribution in [0.3, 0.4) is 0 Å². The molecule has 0 radical (unpaired) electrons. The Labute approximate surface area is 202 Å². The third kappa shape index (κ3) is 4.37. The van der Waals surface area contributed by atoms with Crippen LogP contribution in [0, 0.1) is 0 Å². The molecule has 2 rings (SSSR count). The Morgan fingerprint density at radius 1 is 0.342 bits per heavy atom. The summed E-state index contributed by atoms with van der Waals surface area (Å²) in [4.78, 5) is 0. The maximum atomic E-state index is 15.1. The normalized spacial score (nSPS) is 15.2. The predicted molar refractivity (Wildman–Crippen MR) is 99.8 cm³/mol. The van der Waals surface area contributed by atoms with Crippen molar-refractivity contribution in [2.24, 2.45) is 0 Å². The number of alkyl halides is 17. The van der Waals surface area contributed by atoms with E-state index >= 15 is 8.78 Å². The maximum Gasteiger partial charge on any atom is 0.460 e. The molecule has 0 aliphatic carbocycles. The SMILES string of the molecule is FC(F)(F)C(F)(F)C(F)(F)C(F)(F)C(F)(F)C(F)(F)C(F)(F)C(F)(F)P(c1ccccc1)c1ccccc1. The molecule has 0 bridgehead atoms. The van der Waals surface area contributed by atoms with Crippen molar-refractivity contribution < 1.29 is 74.6 Å². The van der Waals surface area contributed by atoms with Crippen LogP contribution in [0.5, 0.6) is 0 Å². The van der Waals surface area contributed by atoms with Crippen molar-refractivity contribution in [3.8, 4) is 0 Å². The number of hydrogen-bond acceptors (Lipinski definition) is 0. The molecule has 2 aromatic rings. The Morgan fingerprint density at radius 3 is 0.895 bits per heavy atom. The molecular weight excluding hydrogens is 594 g/mol. The third-order valence-corrected chi connectivity index (χ3v) is 7.49. The molecule has 0 spiro atoms. The molecule has 214 valence electrons. The van der Waals surface area contributed by atoms with Crippen LogP contribution >= 0.6 is 7.92 Å². The Bertz CT molecular complexity index is 1050. The van der Waals surface area contributed by atoms with Crippen LogP contribution in [0.1, 0.15) is 0 Å². The van der Waals surface area contributed by atoms with E-state index in [4.69, 9.17) is 0 Å². The van der Waals surface area contributed by atoms with Gasteiger partial charge in [0.2, 0.25) is 0 Å². The Balaban J connectivity index is 2.76. The summed E-state index contributed by atoms with van der Waals surface area (Å²) in [6.45, 7) is 0. The topological polar surface area (TPSA) is 0 Å². The van der Waals surface area contributed by atoms with Gasteiger partial charge in [-0.15, -0.1) is 0 Å². The largest absolute Gasteiger partial charge is 0.460 e. The molecule has 0 aromatic heterocycles. The van der Waals surface area contributed by atoms with E-state index in [1.807, 2.05) is 0 Å². The summed E-state index contributed by atoms with van der Waals surface area (Å²) in [5.74, 6) is -50.0. The lowest BCUT2D eigenvalue weighted by atomic mass is 9.91. The zero-order valence-electron chi connectivity index (χ0n) is 17.6. The Hall–Kier alpha value is -2.32. The van der Waals surface area contributed by atoms with Crippen molar-refractivity contribution in [3.05, 3.63) is 60.7 Å². The van der Waals surface area contributed by atoms with Gasteiger partial charge in [0.1, 0.15) is 0 Å². The molecule has 0 heterocycles. The molecule has 0 unspecified atom stereocenters. The van der Waals surface area contributed by atoms with Crippen LogP contribution in [0.2, 0.25) is 0 Å². The molecule has 0 nitrogen and oxygen atoms in total. The van der Waals surface area contributed by atoms with E-state index in [0.717, 1.165) is 36.4 Å². The summed E-state index contributed by atoms with van der Waals surface area (Å²) < 4.78 is 233. The minimum atomic E-state index is -8.65. The zero-order valence-corrected chi connectivity index (χ0v) is 18.5. The smallest absolute Gasteiger partial charge is 0.194 e. The van der Waals surface area contributed by atoms with Gasteiger partial charge in [-0.05, 0) is 10.6 Å². The van der Waals surface area contributed by atoms with Crippen LogP contribution in [0.15, 0.2) is 60.7 Å². The van der Waals surface area contributed by atoms with Crippen LogP contribution in [-0.2, 0) is 0 Å². The van der Waals surface area contributed by atoms with Gasteiger partial charge >= 0.3 is 47.4 Å². The van der Waals surface area contributed by atoms with Gasteiger partial charge < -0.3 is 0 Å². The second-order valence-corrected chi connectivity index (χ2v) is 9.76. The molecule has 0 aliphatic heterocycles. The minimum Gasteiger partial charge on any atom is -0.194 e. The van der Waals surface area contributed by atoms with Gasteiger partial charge in [0.25, 0.3) is 0 Å². The number of hydrogen-bond donors (Lipinski definition) is 0. The Morgan fingerprint density at radius 2 is 0.605 bits per heavy atom. The van der Waals surface area contributed by atoms with Gasteiger partial charge in [0, 0.05) is 7.92 Å². The molecule has 0 saturated heterocycles. The fourth-order valence-electron chi connectivity index (χ4n) is 2.92. The summed E-state index contributed by atoms with van der Waals surface area (Å²) in [5.41, 5.74) is -6.52. The fourth-order valence-corrected chi connectivity index (χ4v) is 5.23. The van der Waals surface area contributed by atoms with Gasteiger partial charge in [-0.25, -0.2) is 0 Å². The van der Waals surface area contributed by atoms with E-state index in [2.05, 4.69) is 0 Å². The van der Waals surface area contributed by atoms with Crippen molar-refractivity contribution in [1.29, 1.82) is 0 Å². The van der Waals surface area contributed by atoms with Gasteiger partial charge in [0.05, 0.1) is 0 Å². The lowest BCUT2D eigenvalue weighted by Crippen LogP contribution is -2.74. The van der Waals surface area contributed by atoms with Crippen molar-refractivity contribution >= 4 is 18.5 Å². The first kappa shape index (κ1) is 31.9. The van der Waals surface area contributed by atoms with Gasteiger partial charge in [-0.3, -0.25) is 0 Å². The standard InChI is InChI=1S/C20H10F17P/c21-13(22,15(25,26)17(29,30)19(33,34)35)14(23,24)16(27,28)18(31,32)20(36,37)38(11-7-3-1-4-8-11)12-9-5-2-6-10-12/h1-10H. The molecule has 0 atom stereocenters. The molecule has 18 heteroatoms. The lowest BCUT2D eigenvalue weighted by Gasteiger charge is -2.44. The zero-order chi connectivity index (χ0) is 29.8. The van der Waals surface area contributed by atoms with Crippen molar-refractivity contribution in [1.82, 2.24) is 0 Å². The minimum absolute atomic E-state index is 0.617. The predicted octanol–water partition coefficient (Wildman–Crippen LogP) is 8.09. The summed E-state index contributed by atoms with van der Waals surface area (Å²) in [7, 11) is -4.26. The lowest BCUT2D eigenvalue weighted by molar-refractivity contribution is -0.458. The highest BCUT2D eigenvalue weighted by Gasteiger charge is 2.95. The average Bonchev–Trinajstić information content (AvgIpc) is 2.79. The van der Waals surface area contributed by atoms with Crippen molar-refractivity contribution in [3.63, 3.8) is 0 Å². The van der Waals surface area contributed by atoms with Gasteiger partial charge in [-0.2, -0.15) is 74.6 Å². The van der Waals surface area contributed by atoms with E-state index in [9.17, 15) is 65.9 Å². The van der Waals surface area contributed by atoms with Crippen LogP contribution in [0.4, 0.5) is 74.6 Å². The summed E-state index contributed by atoms with van der Waals surface area (Å²) in [5, 5.41) is -1.89. The number of rotatable bonds is 9.